The third-order valence-electron chi connectivity index (χ3n) is 3.26. The van der Waals surface area contributed by atoms with Crippen LogP contribution in [0.1, 0.15) is 28.9 Å². The average Bonchev–Trinajstić information content (AvgIpc) is 2.53. The zero-order valence-electron chi connectivity index (χ0n) is 12.5. The lowest BCUT2D eigenvalue weighted by atomic mass is 10.1. The van der Waals surface area contributed by atoms with Gasteiger partial charge in [-0.25, -0.2) is 0 Å². The normalized spacial score (nSPS) is 13.1. The molecule has 0 bridgehead atoms. The Bertz CT molecular complexity index is 641. The zero-order chi connectivity index (χ0) is 15.9. The van der Waals surface area contributed by atoms with Crippen LogP contribution in [0.5, 0.6) is 5.75 Å². The molecule has 114 valence electrons. The maximum absolute atomic E-state index is 11.4. The maximum Gasteiger partial charge on any atom is 0.252 e. The standard InChI is InChI=1S/C18H20N2O2/c1-3-16(14-9-5-4-6-10-14)20-13(2)22-17-12-8-7-11-15(17)18(19)21/h3-13,16,20H,1H2,2H3,(H2,19,21). The van der Waals surface area contributed by atoms with Gasteiger partial charge >= 0.3 is 0 Å². The Labute approximate surface area is 130 Å². The number of rotatable bonds is 7. The van der Waals surface area contributed by atoms with E-state index in [-0.39, 0.29) is 12.3 Å². The Hall–Kier alpha value is -2.59. The molecule has 0 aliphatic carbocycles. The number of ether oxygens (including phenoxy) is 1. The third-order valence-corrected chi connectivity index (χ3v) is 3.26. The first-order valence-electron chi connectivity index (χ1n) is 7.11. The highest BCUT2D eigenvalue weighted by atomic mass is 16.5. The number of para-hydroxylation sites is 1. The molecule has 2 atom stereocenters. The molecule has 0 spiro atoms. The molecule has 0 aliphatic heterocycles. The van der Waals surface area contributed by atoms with Gasteiger partial charge in [-0.2, -0.15) is 0 Å². The predicted molar refractivity (Wildman–Crippen MR) is 87.6 cm³/mol. The summed E-state index contributed by atoms with van der Waals surface area (Å²) in [6.07, 6.45) is 1.50. The summed E-state index contributed by atoms with van der Waals surface area (Å²) in [5.41, 5.74) is 6.81. The minimum absolute atomic E-state index is 0.0445. The summed E-state index contributed by atoms with van der Waals surface area (Å²) >= 11 is 0. The van der Waals surface area contributed by atoms with Gasteiger partial charge < -0.3 is 10.5 Å². The number of nitrogens with two attached hydrogens (primary N) is 1. The van der Waals surface area contributed by atoms with Gasteiger partial charge in [0, 0.05) is 0 Å². The summed E-state index contributed by atoms with van der Waals surface area (Å²) in [5.74, 6) is -0.0444. The van der Waals surface area contributed by atoms with E-state index in [0.29, 0.717) is 11.3 Å². The van der Waals surface area contributed by atoms with E-state index in [1.807, 2.05) is 43.3 Å². The van der Waals surface area contributed by atoms with E-state index < -0.39 is 5.91 Å². The largest absolute Gasteiger partial charge is 0.475 e. The Balaban J connectivity index is 2.08. The molecule has 22 heavy (non-hydrogen) atoms. The first kappa shape index (κ1) is 15.8. The van der Waals surface area contributed by atoms with Gasteiger partial charge in [-0.05, 0) is 24.6 Å². The molecular formula is C18H20N2O2. The molecule has 2 rings (SSSR count). The molecule has 2 aromatic carbocycles. The van der Waals surface area contributed by atoms with E-state index >= 15 is 0 Å². The van der Waals surface area contributed by atoms with Crippen LogP contribution in [-0.4, -0.2) is 12.1 Å². The highest BCUT2D eigenvalue weighted by Gasteiger charge is 2.14. The molecule has 0 saturated heterocycles. The minimum Gasteiger partial charge on any atom is -0.475 e. The predicted octanol–water partition coefficient (Wildman–Crippen LogP) is 3.03. The molecular weight excluding hydrogens is 276 g/mol. The van der Waals surface area contributed by atoms with Crippen molar-refractivity contribution in [2.45, 2.75) is 19.2 Å². The molecule has 1 amide bonds. The fourth-order valence-corrected chi connectivity index (χ4v) is 2.21. The topological polar surface area (TPSA) is 64.3 Å². The maximum atomic E-state index is 11.4. The van der Waals surface area contributed by atoms with Crippen molar-refractivity contribution in [1.82, 2.24) is 5.32 Å². The van der Waals surface area contributed by atoms with Crippen molar-refractivity contribution in [1.29, 1.82) is 0 Å². The van der Waals surface area contributed by atoms with Crippen LogP contribution in [0.2, 0.25) is 0 Å². The molecule has 2 unspecified atom stereocenters. The van der Waals surface area contributed by atoms with Crippen LogP contribution in [0.4, 0.5) is 0 Å². The van der Waals surface area contributed by atoms with E-state index in [0.717, 1.165) is 5.56 Å². The summed E-state index contributed by atoms with van der Waals surface area (Å²) in [7, 11) is 0. The van der Waals surface area contributed by atoms with Gasteiger partial charge in [-0.3, -0.25) is 10.1 Å². The first-order chi connectivity index (χ1) is 10.6. The molecule has 0 aromatic heterocycles. The molecule has 0 radical (unpaired) electrons. The first-order valence-corrected chi connectivity index (χ1v) is 7.11. The quantitative estimate of drug-likeness (QED) is 0.610. The van der Waals surface area contributed by atoms with Crippen molar-refractivity contribution in [3.8, 4) is 5.75 Å². The number of benzene rings is 2. The SMILES string of the molecule is C=CC(NC(C)Oc1ccccc1C(N)=O)c1ccccc1. The van der Waals surface area contributed by atoms with E-state index in [1.165, 1.54) is 0 Å². The minimum atomic E-state index is -0.508. The van der Waals surface area contributed by atoms with E-state index in [4.69, 9.17) is 10.5 Å². The van der Waals surface area contributed by atoms with Crippen molar-refractivity contribution in [2.24, 2.45) is 5.73 Å². The van der Waals surface area contributed by atoms with Gasteiger partial charge in [0.15, 0.2) is 0 Å². The van der Waals surface area contributed by atoms with Gasteiger partial charge in [0.1, 0.15) is 12.0 Å². The summed E-state index contributed by atoms with van der Waals surface area (Å²) in [4.78, 5) is 11.4. The third kappa shape index (κ3) is 3.96. The highest BCUT2D eigenvalue weighted by molar-refractivity contribution is 5.95. The van der Waals surface area contributed by atoms with Crippen molar-refractivity contribution in [3.63, 3.8) is 0 Å². The Kier molecular flexibility index (Phi) is 5.33. The number of hydrogen-bond acceptors (Lipinski definition) is 3. The number of carbonyl (C=O) groups excluding carboxylic acids is 1. The average molecular weight is 296 g/mol. The second-order valence-electron chi connectivity index (χ2n) is 4.91. The van der Waals surface area contributed by atoms with E-state index in [1.54, 1.807) is 24.3 Å². The smallest absolute Gasteiger partial charge is 0.252 e. The van der Waals surface area contributed by atoms with Gasteiger partial charge in [0.05, 0.1) is 11.6 Å². The van der Waals surface area contributed by atoms with Crippen molar-refractivity contribution >= 4 is 5.91 Å². The number of carbonyl (C=O) groups is 1. The molecule has 0 saturated carbocycles. The lowest BCUT2D eigenvalue weighted by Gasteiger charge is -2.23. The zero-order valence-corrected chi connectivity index (χ0v) is 12.5. The second kappa shape index (κ2) is 7.43. The van der Waals surface area contributed by atoms with Crippen molar-refractivity contribution in [3.05, 3.63) is 78.4 Å². The number of primary amides is 1. The lowest BCUT2D eigenvalue weighted by Crippen LogP contribution is -2.34. The fraction of sp³-hybridized carbons (Fsp3) is 0.167. The Morgan fingerprint density at radius 3 is 2.45 bits per heavy atom. The number of amides is 1. The monoisotopic (exact) mass is 296 g/mol. The van der Waals surface area contributed by atoms with Gasteiger partial charge in [0.25, 0.3) is 5.91 Å². The fourth-order valence-electron chi connectivity index (χ4n) is 2.21. The van der Waals surface area contributed by atoms with E-state index in [9.17, 15) is 4.79 Å². The molecule has 0 aliphatic rings. The van der Waals surface area contributed by atoms with Crippen LogP contribution in [0.25, 0.3) is 0 Å². The van der Waals surface area contributed by atoms with Crippen LogP contribution >= 0.6 is 0 Å². The van der Waals surface area contributed by atoms with Crippen LogP contribution in [0.15, 0.2) is 67.3 Å². The molecule has 2 aromatic rings. The van der Waals surface area contributed by atoms with Crippen LogP contribution in [0, 0.1) is 0 Å². The van der Waals surface area contributed by atoms with E-state index in [2.05, 4.69) is 11.9 Å². The number of hydrogen-bond donors (Lipinski definition) is 2. The highest BCUT2D eigenvalue weighted by Crippen LogP contribution is 2.20. The summed E-state index contributed by atoms with van der Waals surface area (Å²) in [6.45, 7) is 5.72. The van der Waals surface area contributed by atoms with Crippen LogP contribution in [-0.2, 0) is 0 Å². The summed E-state index contributed by atoms with van der Waals surface area (Å²) in [5, 5.41) is 3.31. The summed E-state index contributed by atoms with van der Waals surface area (Å²) in [6, 6.07) is 16.8. The number of nitrogens with one attached hydrogen (secondary N) is 1. The second-order valence-corrected chi connectivity index (χ2v) is 4.91. The van der Waals surface area contributed by atoms with Crippen LogP contribution in [0.3, 0.4) is 0 Å². The van der Waals surface area contributed by atoms with Crippen molar-refractivity contribution < 1.29 is 9.53 Å². The molecule has 4 heteroatoms. The molecule has 3 N–H and O–H groups in total. The Morgan fingerprint density at radius 2 is 1.82 bits per heavy atom. The lowest BCUT2D eigenvalue weighted by molar-refractivity contribution is 0.0990. The Morgan fingerprint density at radius 1 is 1.18 bits per heavy atom. The summed E-state index contributed by atoms with van der Waals surface area (Å²) < 4.78 is 5.80. The molecule has 0 fully saturated rings. The van der Waals surface area contributed by atoms with Crippen LogP contribution < -0.4 is 15.8 Å². The van der Waals surface area contributed by atoms with Gasteiger partial charge in [-0.15, -0.1) is 6.58 Å². The molecule has 0 heterocycles. The van der Waals surface area contributed by atoms with Gasteiger partial charge in [0.2, 0.25) is 0 Å². The van der Waals surface area contributed by atoms with Gasteiger partial charge in [-0.1, -0.05) is 48.5 Å². The van der Waals surface area contributed by atoms with Crippen molar-refractivity contribution in [2.75, 3.05) is 0 Å². The molecule has 4 nitrogen and oxygen atoms in total.